The molecule has 0 radical (unpaired) electrons. The average Bonchev–Trinajstić information content (AvgIpc) is 2.64. The predicted octanol–water partition coefficient (Wildman–Crippen LogP) is 2.55. The number of carbonyl (C=O) groups is 1. The first-order chi connectivity index (χ1) is 12.2. The molecule has 0 unspecified atom stereocenters. The third-order valence-corrected chi connectivity index (χ3v) is 3.68. The number of ether oxygens (including phenoxy) is 2. The first-order valence-electron chi connectivity index (χ1n) is 8.49. The molecule has 136 valence electrons. The molecule has 0 atom stereocenters. The molecule has 0 aromatic heterocycles. The first-order valence-corrected chi connectivity index (χ1v) is 8.49. The van der Waals surface area contributed by atoms with E-state index >= 15 is 0 Å². The molecule has 0 saturated carbocycles. The fourth-order valence-corrected chi connectivity index (χ4v) is 2.25. The van der Waals surface area contributed by atoms with Gasteiger partial charge in [0.05, 0.1) is 14.2 Å². The Hall–Kier alpha value is -2.68. The van der Waals surface area contributed by atoms with E-state index in [4.69, 9.17) is 14.7 Å². The van der Waals surface area contributed by atoms with Gasteiger partial charge in [0.2, 0.25) is 0 Å². The van der Waals surface area contributed by atoms with Gasteiger partial charge in [-0.25, -0.2) is 0 Å². The molecule has 6 nitrogen and oxygen atoms in total. The van der Waals surface area contributed by atoms with E-state index in [-0.39, 0.29) is 11.5 Å². The van der Waals surface area contributed by atoms with Gasteiger partial charge in [0.15, 0.2) is 11.5 Å². The van der Waals surface area contributed by atoms with E-state index in [1.807, 2.05) is 24.3 Å². The summed E-state index contributed by atoms with van der Waals surface area (Å²) in [6.45, 7) is 3.32. The van der Waals surface area contributed by atoms with Crippen LogP contribution in [0.15, 0.2) is 30.0 Å². The van der Waals surface area contributed by atoms with Crippen LogP contribution in [-0.4, -0.2) is 33.2 Å². The van der Waals surface area contributed by atoms with Gasteiger partial charge in [-0.05, 0) is 30.5 Å². The number of rotatable bonds is 11. The second-order valence-electron chi connectivity index (χ2n) is 5.53. The molecule has 1 aromatic carbocycles. The molecule has 0 aliphatic carbocycles. The number of hydrogen-bond donors (Lipinski definition) is 2. The van der Waals surface area contributed by atoms with Crippen LogP contribution in [0.5, 0.6) is 11.5 Å². The Labute approximate surface area is 149 Å². The summed E-state index contributed by atoms with van der Waals surface area (Å²) < 4.78 is 10.5. The minimum Gasteiger partial charge on any atom is -0.493 e. The number of nitrogens with one attached hydrogen (secondary N) is 2. The van der Waals surface area contributed by atoms with Crippen LogP contribution < -0.4 is 20.1 Å². The molecule has 6 heteroatoms. The third-order valence-electron chi connectivity index (χ3n) is 3.68. The zero-order valence-corrected chi connectivity index (χ0v) is 15.2. The first kappa shape index (κ1) is 20.4. The summed E-state index contributed by atoms with van der Waals surface area (Å²) in [4.78, 5) is 12.0. The van der Waals surface area contributed by atoms with Gasteiger partial charge in [0, 0.05) is 19.3 Å². The van der Waals surface area contributed by atoms with E-state index < -0.39 is 0 Å². The Kier molecular flexibility index (Phi) is 9.61. The van der Waals surface area contributed by atoms with Crippen molar-refractivity contribution >= 4 is 5.91 Å². The zero-order valence-electron chi connectivity index (χ0n) is 15.2. The van der Waals surface area contributed by atoms with Crippen molar-refractivity contribution in [3.63, 3.8) is 0 Å². The lowest BCUT2D eigenvalue weighted by Crippen LogP contribution is -2.27. The molecule has 0 spiro atoms. The molecule has 0 bridgehead atoms. The third kappa shape index (κ3) is 7.17. The maximum Gasteiger partial charge on any atom is 0.263 e. The molecular formula is C19H27N3O3. The van der Waals surface area contributed by atoms with Crippen LogP contribution in [0.25, 0.3) is 0 Å². The minimum atomic E-state index is -0.369. The molecule has 0 heterocycles. The summed E-state index contributed by atoms with van der Waals surface area (Å²) in [7, 11) is 3.17. The topological polar surface area (TPSA) is 83.4 Å². The Morgan fingerprint density at radius 2 is 1.96 bits per heavy atom. The van der Waals surface area contributed by atoms with Crippen molar-refractivity contribution in [2.24, 2.45) is 0 Å². The minimum absolute atomic E-state index is 0.0869. The lowest BCUT2D eigenvalue weighted by molar-refractivity contribution is -0.117. The number of benzene rings is 1. The van der Waals surface area contributed by atoms with E-state index in [1.165, 1.54) is 6.20 Å². The Morgan fingerprint density at radius 3 is 2.60 bits per heavy atom. The Balaban J connectivity index is 2.47. The molecule has 25 heavy (non-hydrogen) atoms. The number of nitrogens with zero attached hydrogens (tertiary/aromatic N) is 1. The average molecular weight is 345 g/mol. The zero-order chi connectivity index (χ0) is 18.5. The van der Waals surface area contributed by atoms with Gasteiger partial charge in [-0.3, -0.25) is 4.79 Å². The smallest absolute Gasteiger partial charge is 0.263 e. The number of nitriles is 1. The molecule has 1 rings (SSSR count). The second kappa shape index (κ2) is 11.8. The van der Waals surface area contributed by atoms with Crippen molar-refractivity contribution < 1.29 is 14.3 Å². The number of amides is 1. The van der Waals surface area contributed by atoms with E-state index in [1.54, 1.807) is 14.2 Å². The lowest BCUT2D eigenvalue weighted by atomic mass is 10.1. The Morgan fingerprint density at radius 1 is 1.20 bits per heavy atom. The summed E-state index contributed by atoms with van der Waals surface area (Å²) in [5.74, 6) is 0.949. The number of hydrogen-bond acceptors (Lipinski definition) is 5. The van der Waals surface area contributed by atoms with E-state index in [9.17, 15) is 4.79 Å². The predicted molar refractivity (Wildman–Crippen MR) is 97.5 cm³/mol. The number of unbranched alkanes of at least 4 members (excludes halogenated alkanes) is 2. The van der Waals surface area contributed by atoms with Crippen LogP contribution >= 0.6 is 0 Å². The molecule has 0 saturated heterocycles. The molecule has 1 aromatic rings. The molecule has 0 aliphatic rings. The SMILES string of the molecule is CCCCCN/C=C(/C#N)C(=O)NCCc1ccc(OC)c(OC)c1. The summed E-state index contributed by atoms with van der Waals surface area (Å²) in [5.41, 5.74) is 1.10. The van der Waals surface area contributed by atoms with Crippen molar-refractivity contribution in [1.29, 1.82) is 5.26 Å². The van der Waals surface area contributed by atoms with Crippen molar-refractivity contribution in [1.82, 2.24) is 10.6 Å². The highest BCUT2D eigenvalue weighted by atomic mass is 16.5. The van der Waals surface area contributed by atoms with Gasteiger partial charge in [-0.1, -0.05) is 25.8 Å². The van der Waals surface area contributed by atoms with Crippen molar-refractivity contribution in [3.8, 4) is 17.6 Å². The standard InChI is InChI=1S/C19H27N3O3/c1-4-5-6-10-21-14-16(13-20)19(23)22-11-9-15-7-8-17(24-2)18(12-15)25-3/h7-8,12,14,21H,4-6,9-11H2,1-3H3,(H,22,23)/b16-14-. The van der Waals surface area contributed by atoms with Gasteiger partial charge in [-0.2, -0.15) is 5.26 Å². The largest absolute Gasteiger partial charge is 0.493 e. The van der Waals surface area contributed by atoms with Crippen LogP contribution in [0.2, 0.25) is 0 Å². The van der Waals surface area contributed by atoms with E-state index in [0.29, 0.717) is 24.5 Å². The Bertz CT molecular complexity index is 621. The van der Waals surface area contributed by atoms with E-state index in [2.05, 4.69) is 17.6 Å². The normalized spacial score (nSPS) is 10.7. The van der Waals surface area contributed by atoms with Gasteiger partial charge < -0.3 is 20.1 Å². The number of methoxy groups -OCH3 is 2. The molecule has 1 amide bonds. The van der Waals surface area contributed by atoms with Crippen LogP contribution in [0, 0.1) is 11.3 Å². The van der Waals surface area contributed by atoms with Gasteiger partial charge in [0.1, 0.15) is 11.6 Å². The van der Waals surface area contributed by atoms with Crippen LogP contribution in [-0.2, 0) is 11.2 Å². The van der Waals surface area contributed by atoms with E-state index in [0.717, 1.165) is 31.4 Å². The lowest BCUT2D eigenvalue weighted by Gasteiger charge is -2.10. The van der Waals surface area contributed by atoms with Crippen LogP contribution in [0.3, 0.4) is 0 Å². The van der Waals surface area contributed by atoms with Gasteiger partial charge in [-0.15, -0.1) is 0 Å². The quantitative estimate of drug-likeness (QED) is 0.366. The molecular weight excluding hydrogens is 318 g/mol. The maximum absolute atomic E-state index is 12.0. The van der Waals surface area contributed by atoms with Gasteiger partial charge in [0.25, 0.3) is 5.91 Å². The summed E-state index contributed by atoms with van der Waals surface area (Å²) in [6.07, 6.45) is 5.40. The summed E-state index contributed by atoms with van der Waals surface area (Å²) >= 11 is 0. The second-order valence-corrected chi connectivity index (χ2v) is 5.53. The van der Waals surface area contributed by atoms with Crippen LogP contribution in [0.1, 0.15) is 31.7 Å². The fraction of sp³-hybridized carbons (Fsp3) is 0.474. The van der Waals surface area contributed by atoms with Gasteiger partial charge >= 0.3 is 0 Å². The van der Waals surface area contributed by atoms with Crippen molar-refractivity contribution in [3.05, 3.63) is 35.5 Å². The molecule has 2 N–H and O–H groups in total. The fourth-order valence-electron chi connectivity index (χ4n) is 2.25. The number of carbonyl (C=O) groups excluding carboxylic acids is 1. The summed E-state index contributed by atoms with van der Waals surface area (Å²) in [5, 5.41) is 14.9. The van der Waals surface area contributed by atoms with Crippen molar-refractivity contribution in [2.75, 3.05) is 27.3 Å². The van der Waals surface area contributed by atoms with Crippen molar-refractivity contribution in [2.45, 2.75) is 32.6 Å². The highest BCUT2D eigenvalue weighted by Crippen LogP contribution is 2.27. The van der Waals surface area contributed by atoms with Crippen LogP contribution in [0.4, 0.5) is 0 Å². The maximum atomic E-state index is 12.0. The molecule has 0 fully saturated rings. The highest BCUT2D eigenvalue weighted by molar-refractivity contribution is 5.97. The highest BCUT2D eigenvalue weighted by Gasteiger charge is 2.09. The molecule has 0 aliphatic heterocycles. The monoisotopic (exact) mass is 345 g/mol. The summed E-state index contributed by atoms with van der Waals surface area (Å²) in [6, 6.07) is 7.55.